The molecule has 3 N–H and O–H groups in total. The molecule has 7 nitrogen and oxygen atoms in total. The highest BCUT2D eigenvalue weighted by atomic mass is 16.3. The van der Waals surface area contributed by atoms with Gasteiger partial charge in [0.25, 0.3) is 0 Å². The SMILES string of the molecule is CCC1(C)Nc2cccc3c(N=Nc4ccc(N=Nc5cccc(O)c5)c5ccccc45)ccc(c23)N1. The monoisotopic (exact) mass is 486 g/mol. The molecule has 0 spiro atoms. The van der Waals surface area contributed by atoms with Crippen LogP contribution in [0.15, 0.2) is 111 Å². The molecule has 1 atom stereocenters. The molecule has 0 aromatic heterocycles. The summed E-state index contributed by atoms with van der Waals surface area (Å²) in [4.78, 5) is 0. The molecule has 1 aliphatic heterocycles. The molecular weight excluding hydrogens is 460 g/mol. The van der Waals surface area contributed by atoms with Crippen molar-refractivity contribution in [2.45, 2.75) is 25.9 Å². The van der Waals surface area contributed by atoms with E-state index in [9.17, 15) is 5.11 Å². The Morgan fingerprint density at radius 1 is 0.649 bits per heavy atom. The summed E-state index contributed by atoms with van der Waals surface area (Å²) in [7, 11) is 0. The highest BCUT2D eigenvalue weighted by Crippen LogP contribution is 2.43. The number of azo groups is 2. The second-order valence-electron chi connectivity index (χ2n) is 9.37. The molecule has 0 saturated heterocycles. The molecule has 0 aliphatic carbocycles. The molecule has 7 heteroatoms. The van der Waals surface area contributed by atoms with Crippen molar-refractivity contribution >= 4 is 55.7 Å². The number of hydrogen-bond acceptors (Lipinski definition) is 7. The van der Waals surface area contributed by atoms with Crippen LogP contribution in [0.1, 0.15) is 20.3 Å². The van der Waals surface area contributed by atoms with E-state index in [1.165, 1.54) is 0 Å². The molecule has 1 unspecified atom stereocenters. The Labute approximate surface area is 214 Å². The molecule has 0 bridgehead atoms. The summed E-state index contributed by atoms with van der Waals surface area (Å²) in [5, 5.41) is 39.0. The first kappa shape index (κ1) is 22.7. The minimum atomic E-state index is -0.191. The van der Waals surface area contributed by atoms with Crippen molar-refractivity contribution in [1.29, 1.82) is 0 Å². The molecule has 6 rings (SSSR count). The minimum Gasteiger partial charge on any atom is -0.508 e. The summed E-state index contributed by atoms with van der Waals surface area (Å²) in [6.07, 6.45) is 0.945. The zero-order valence-electron chi connectivity index (χ0n) is 20.6. The number of anilines is 2. The molecule has 5 aromatic carbocycles. The van der Waals surface area contributed by atoms with E-state index < -0.39 is 0 Å². The third-order valence-electron chi connectivity index (χ3n) is 6.79. The van der Waals surface area contributed by atoms with Crippen LogP contribution in [0.4, 0.5) is 34.1 Å². The van der Waals surface area contributed by atoms with Crippen molar-refractivity contribution in [2.75, 3.05) is 10.6 Å². The number of fused-ring (bicyclic) bond motifs is 1. The topological polar surface area (TPSA) is 93.7 Å². The number of phenols is 1. The summed E-state index contributed by atoms with van der Waals surface area (Å²) in [6, 6.07) is 28.8. The summed E-state index contributed by atoms with van der Waals surface area (Å²) in [5.74, 6) is 0.154. The van der Waals surface area contributed by atoms with E-state index in [0.717, 1.165) is 56.4 Å². The van der Waals surface area contributed by atoms with Gasteiger partial charge in [-0.05, 0) is 55.8 Å². The van der Waals surface area contributed by atoms with Gasteiger partial charge in [-0.25, -0.2) is 0 Å². The van der Waals surface area contributed by atoms with Gasteiger partial charge in [0.15, 0.2) is 0 Å². The molecule has 37 heavy (non-hydrogen) atoms. The van der Waals surface area contributed by atoms with Crippen molar-refractivity contribution < 1.29 is 5.11 Å². The van der Waals surface area contributed by atoms with E-state index in [0.29, 0.717) is 5.69 Å². The van der Waals surface area contributed by atoms with E-state index in [4.69, 9.17) is 0 Å². The highest BCUT2D eigenvalue weighted by molar-refractivity contribution is 6.09. The van der Waals surface area contributed by atoms with Crippen LogP contribution in [0.2, 0.25) is 0 Å². The van der Waals surface area contributed by atoms with Crippen molar-refractivity contribution in [2.24, 2.45) is 20.5 Å². The minimum absolute atomic E-state index is 0.154. The first-order valence-electron chi connectivity index (χ1n) is 12.3. The summed E-state index contributed by atoms with van der Waals surface area (Å²) in [5.41, 5.74) is 4.86. The van der Waals surface area contributed by atoms with Gasteiger partial charge in [-0.15, -0.1) is 15.3 Å². The summed E-state index contributed by atoms with van der Waals surface area (Å²) in [6.45, 7) is 4.33. The van der Waals surface area contributed by atoms with Crippen molar-refractivity contribution in [3.8, 4) is 5.75 Å². The maximum absolute atomic E-state index is 9.69. The quantitative estimate of drug-likeness (QED) is 0.216. The fourth-order valence-electron chi connectivity index (χ4n) is 4.71. The second-order valence-corrected chi connectivity index (χ2v) is 9.37. The molecule has 5 aromatic rings. The predicted molar refractivity (Wildman–Crippen MR) is 150 cm³/mol. The molecule has 1 heterocycles. The molecular formula is C30H26N6O. The smallest absolute Gasteiger partial charge is 0.117 e. The largest absolute Gasteiger partial charge is 0.508 e. The number of benzene rings is 5. The number of rotatable bonds is 5. The number of phenolic OH excluding ortho intramolecular Hbond substituents is 1. The Kier molecular flexibility index (Phi) is 5.53. The Bertz CT molecular complexity index is 1700. The van der Waals surface area contributed by atoms with Gasteiger partial charge in [0.05, 0.1) is 22.7 Å². The van der Waals surface area contributed by atoms with E-state index in [2.05, 4.69) is 69.2 Å². The van der Waals surface area contributed by atoms with Crippen LogP contribution in [0.25, 0.3) is 21.5 Å². The van der Waals surface area contributed by atoms with Crippen LogP contribution in [0.5, 0.6) is 5.75 Å². The maximum Gasteiger partial charge on any atom is 0.117 e. The Morgan fingerprint density at radius 2 is 1.22 bits per heavy atom. The van der Waals surface area contributed by atoms with Crippen LogP contribution < -0.4 is 10.6 Å². The molecule has 182 valence electrons. The predicted octanol–water partition coefficient (Wildman–Crippen LogP) is 9.49. The Hall–Kier alpha value is -4.78. The lowest BCUT2D eigenvalue weighted by atomic mass is 9.98. The molecule has 1 aliphatic rings. The third-order valence-corrected chi connectivity index (χ3v) is 6.79. The van der Waals surface area contributed by atoms with E-state index in [1.54, 1.807) is 24.3 Å². The summed E-state index contributed by atoms with van der Waals surface area (Å²) < 4.78 is 0. The van der Waals surface area contributed by atoms with Crippen LogP contribution in [0, 0.1) is 0 Å². The lowest BCUT2D eigenvalue weighted by molar-refractivity contribution is 0.475. The third kappa shape index (κ3) is 4.25. The normalized spacial score (nSPS) is 16.9. The fraction of sp³-hybridized carbons (Fsp3) is 0.133. The summed E-state index contributed by atoms with van der Waals surface area (Å²) >= 11 is 0. The zero-order chi connectivity index (χ0) is 25.4. The number of aromatic hydroxyl groups is 1. The number of nitrogens with one attached hydrogen (secondary N) is 2. The van der Waals surface area contributed by atoms with Crippen LogP contribution >= 0.6 is 0 Å². The highest BCUT2D eigenvalue weighted by Gasteiger charge is 2.28. The van der Waals surface area contributed by atoms with Gasteiger partial charge < -0.3 is 15.7 Å². The first-order chi connectivity index (χ1) is 18.0. The van der Waals surface area contributed by atoms with Crippen molar-refractivity contribution in [1.82, 2.24) is 0 Å². The van der Waals surface area contributed by atoms with E-state index in [-0.39, 0.29) is 11.4 Å². The molecule has 0 radical (unpaired) electrons. The fourth-order valence-corrected chi connectivity index (χ4v) is 4.71. The lowest BCUT2D eigenvalue weighted by Gasteiger charge is -2.38. The van der Waals surface area contributed by atoms with Gasteiger partial charge in [-0.3, -0.25) is 0 Å². The second kappa shape index (κ2) is 9.02. The zero-order valence-corrected chi connectivity index (χ0v) is 20.6. The van der Waals surface area contributed by atoms with Gasteiger partial charge in [0.2, 0.25) is 0 Å². The van der Waals surface area contributed by atoms with Gasteiger partial charge in [0, 0.05) is 39.0 Å². The maximum atomic E-state index is 9.69. The molecule has 0 saturated carbocycles. The van der Waals surface area contributed by atoms with Crippen LogP contribution in [-0.4, -0.2) is 10.8 Å². The van der Waals surface area contributed by atoms with Gasteiger partial charge in [-0.1, -0.05) is 49.4 Å². The lowest BCUT2D eigenvalue weighted by Crippen LogP contribution is -2.44. The Balaban J connectivity index is 1.37. The van der Waals surface area contributed by atoms with Crippen LogP contribution in [-0.2, 0) is 0 Å². The van der Waals surface area contributed by atoms with Gasteiger partial charge in [0.1, 0.15) is 11.4 Å². The first-order valence-corrected chi connectivity index (χ1v) is 12.3. The molecule has 0 fully saturated rings. The van der Waals surface area contributed by atoms with Gasteiger partial charge >= 0.3 is 0 Å². The average Bonchev–Trinajstić information content (AvgIpc) is 2.92. The number of hydrogen-bond donors (Lipinski definition) is 3. The molecule has 0 amide bonds. The van der Waals surface area contributed by atoms with Crippen LogP contribution in [0.3, 0.4) is 0 Å². The van der Waals surface area contributed by atoms with Gasteiger partial charge in [-0.2, -0.15) is 5.11 Å². The standard InChI is InChI=1S/C30H26N6O/c1-3-30(2)31-27-13-7-12-23-26(16-17-28(32-30)29(23)27)36-35-25-15-14-24(21-10-4-5-11-22(21)25)34-33-19-8-6-9-20(37)18-19/h4-18,31-32,37H,3H2,1-2H3. The van der Waals surface area contributed by atoms with E-state index >= 15 is 0 Å². The van der Waals surface area contributed by atoms with E-state index in [1.807, 2.05) is 42.5 Å². The van der Waals surface area contributed by atoms with Crippen molar-refractivity contribution in [3.63, 3.8) is 0 Å². The average molecular weight is 487 g/mol. The van der Waals surface area contributed by atoms with Crippen molar-refractivity contribution in [3.05, 3.63) is 91.0 Å². The number of nitrogens with zero attached hydrogens (tertiary/aromatic N) is 4. The Morgan fingerprint density at radius 3 is 1.89 bits per heavy atom.